The summed E-state index contributed by atoms with van der Waals surface area (Å²) >= 11 is 3.82. The van der Waals surface area contributed by atoms with Crippen LogP contribution in [0.15, 0.2) is 11.0 Å². The Bertz CT molecular complexity index is 210. The van der Waals surface area contributed by atoms with Crippen LogP contribution in [0.2, 0.25) is 0 Å². The van der Waals surface area contributed by atoms with Gasteiger partial charge in [-0.15, -0.1) is 11.7 Å². The van der Waals surface area contributed by atoms with Crippen molar-refractivity contribution in [3.63, 3.8) is 0 Å². The Labute approximate surface area is 60.9 Å². The van der Waals surface area contributed by atoms with Gasteiger partial charge in [0.1, 0.15) is 0 Å². The molecule has 3 N–H and O–H groups in total. The number of aromatic amines is 1. The highest BCUT2D eigenvalue weighted by Crippen LogP contribution is 2.32. The van der Waals surface area contributed by atoms with Crippen molar-refractivity contribution in [2.24, 2.45) is 0 Å². The number of aromatic hydroxyl groups is 2. The number of aromatic nitrogens is 1. The van der Waals surface area contributed by atoms with Crippen LogP contribution in [-0.2, 0) is 0 Å². The first-order valence-corrected chi connectivity index (χ1v) is 4.03. The molecule has 1 rings (SSSR count). The van der Waals surface area contributed by atoms with Crippen molar-refractivity contribution in [2.75, 3.05) is 0 Å². The quantitative estimate of drug-likeness (QED) is 0.373. The molecule has 0 spiro atoms. The lowest BCUT2D eigenvalue weighted by Crippen LogP contribution is -1.60. The van der Waals surface area contributed by atoms with Crippen LogP contribution in [0.4, 0.5) is 0 Å². The van der Waals surface area contributed by atoms with Gasteiger partial charge >= 0.3 is 0 Å². The normalized spacial score (nSPS) is 9.89. The van der Waals surface area contributed by atoms with Gasteiger partial charge in [0.25, 0.3) is 0 Å². The Kier molecular flexibility index (Phi) is 1.82. The number of thiol groups is 1. The minimum atomic E-state index is -0.0518. The molecule has 3 nitrogen and oxygen atoms in total. The number of rotatable bonds is 1. The van der Waals surface area contributed by atoms with E-state index in [-0.39, 0.29) is 11.8 Å². The fourth-order valence-electron chi connectivity index (χ4n) is 0.481. The largest absolute Gasteiger partial charge is 0.494 e. The Hall–Kier alpha value is -0.420. The van der Waals surface area contributed by atoms with Crippen LogP contribution in [0, 0.1) is 0 Å². The van der Waals surface area contributed by atoms with Crippen molar-refractivity contribution in [1.82, 2.24) is 4.98 Å². The molecule has 1 heterocycles. The maximum atomic E-state index is 8.85. The highest BCUT2D eigenvalue weighted by atomic mass is 33.1. The Morgan fingerprint density at radius 2 is 2.22 bits per heavy atom. The van der Waals surface area contributed by atoms with E-state index in [9.17, 15) is 0 Å². The van der Waals surface area contributed by atoms with Crippen LogP contribution < -0.4 is 0 Å². The van der Waals surface area contributed by atoms with E-state index in [1.54, 1.807) is 0 Å². The van der Waals surface area contributed by atoms with Gasteiger partial charge in [-0.2, -0.15) is 0 Å². The van der Waals surface area contributed by atoms with Gasteiger partial charge in [0.2, 0.25) is 5.88 Å². The summed E-state index contributed by atoms with van der Waals surface area (Å²) in [6.07, 6.45) is 0. The summed E-state index contributed by atoms with van der Waals surface area (Å²) < 4.78 is 0. The zero-order chi connectivity index (χ0) is 6.85. The van der Waals surface area contributed by atoms with Gasteiger partial charge in [-0.25, -0.2) is 0 Å². The van der Waals surface area contributed by atoms with E-state index in [0.717, 1.165) is 10.8 Å². The summed E-state index contributed by atoms with van der Waals surface area (Å²) in [7, 11) is 1.07. The average molecular weight is 163 g/mol. The molecular weight excluding hydrogens is 158 g/mol. The van der Waals surface area contributed by atoms with Crippen molar-refractivity contribution in [3.05, 3.63) is 6.07 Å². The summed E-state index contributed by atoms with van der Waals surface area (Å²) in [5.41, 5.74) is 0. The molecule has 0 atom stereocenters. The number of hydrogen-bond acceptors (Lipinski definition) is 4. The second-order valence-corrected chi connectivity index (χ2v) is 2.63. The van der Waals surface area contributed by atoms with Gasteiger partial charge in [0.15, 0.2) is 5.88 Å². The number of hydrogen-bond donors (Lipinski definition) is 4. The minimum Gasteiger partial charge on any atom is -0.494 e. The third kappa shape index (κ3) is 1.28. The fraction of sp³-hybridized carbons (Fsp3) is 0. The summed E-state index contributed by atoms with van der Waals surface area (Å²) in [6.45, 7) is 0. The van der Waals surface area contributed by atoms with E-state index in [4.69, 9.17) is 10.2 Å². The van der Waals surface area contributed by atoms with Crippen molar-refractivity contribution < 1.29 is 10.2 Å². The van der Waals surface area contributed by atoms with Crippen LogP contribution in [0.5, 0.6) is 11.8 Å². The van der Waals surface area contributed by atoms with Gasteiger partial charge in [-0.1, -0.05) is 10.8 Å². The van der Waals surface area contributed by atoms with E-state index >= 15 is 0 Å². The standard InChI is InChI=1S/C4H5NO2S2/c6-3-1-2(9-8)4(7)5-3/h1,5-8H. The van der Waals surface area contributed by atoms with Crippen LogP contribution >= 0.6 is 22.5 Å². The highest BCUT2D eigenvalue weighted by molar-refractivity contribution is 8.68. The first kappa shape index (κ1) is 6.70. The van der Waals surface area contributed by atoms with Crippen LogP contribution in [0.25, 0.3) is 0 Å². The predicted octanol–water partition coefficient (Wildman–Crippen LogP) is 1.36. The van der Waals surface area contributed by atoms with Crippen molar-refractivity contribution in [2.45, 2.75) is 4.90 Å². The molecule has 9 heavy (non-hydrogen) atoms. The van der Waals surface area contributed by atoms with Gasteiger partial charge in [0.05, 0.1) is 4.90 Å². The zero-order valence-electron chi connectivity index (χ0n) is 4.33. The molecule has 0 fully saturated rings. The maximum absolute atomic E-state index is 8.85. The van der Waals surface area contributed by atoms with Crippen molar-refractivity contribution >= 4 is 22.5 Å². The number of nitrogens with one attached hydrogen (secondary N) is 1. The second kappa shape index (κ2) is 2.45. The first-order valence-electron chi connectivity index (χ1n) is 2.16. The fourth-order valence-corrected chi connectivity index (χ4v) is 1.20. The lowest BCUT2D eigenvalue weighted by Gasteiger charge is -1.85. The first-order chi connectivity index (χ1) is 4.24. The van der Waals surface area contributed by atoms with E-state index in [0.29, 0.717) is 4.90 Å². The predicted molar refractivity (Wildman–Crippen MR) is 39.0 cm³/mol. The van der Waals surface area contributed by atoms with Crippen molar-refractivity contribution in [1.29, 1.82) is 0 Å². The molecule has 0 aliphatic heterocycles. The molecule has 0 aliphatic carbocycles. The summed E-state index contributed by atoms with van der Waals surface area (Å²) in [5, 5.41) is 17.5. The van der Waals surface area contributed by atoms with Gasteiger partial charge in [-0.3, -0.25) is 4.98 Å². The molecule has 5 heteroatoms. The molecule has 0 aromatic carbocycles. The average Bonchev–Trinajstić information content (AvgIpc) is 2.10. The molecule has 50 valence electrons. The minimum absolute atomic E-state index is 0.0486. The van der Waals surface area contributed by atoms with E-state index in [2.05, 4.69) is 16.6 Å². The summed E-state index contributed by atoms with van der Waals surface area (Å²) in [6, 6.07) is 1.40. The summed E-state index contributed by atoms with van der Waals surface area (Å²) in [4.78, 5) is 2.82. The molecule has 0 saturated carbocycles. The third-order valence-electron chi connectivity index (χ3n) is 0.846. The highest BCUT2D eigenvalue weighted by Gasteiger charge is 2.03. The van der Waals surface area contributed by atoms with E-state index in [1.807, 2.05) is 0 Å². The molecule has 0 saturated heterocycles. The second-order valence-electron chi connectivity index (χ2n) is 1.46. The monoisotopic (exact) mass is 163 g/mol. The summed E-state index contributed by atoms with van der Waals surface area (Å²) in [5.74, 6) is -0.100. The molecular formula is C4H5NO2S2. The zero-order valence-corrected chi connectivity index (χ0v) is 6.04. The van der Waals surface area contributed by atoms with Crippen molar-refractivity contribution in [3.8, 4) is 11.8 Å². The van der Waals surface area contributed by atoms with Gasteiger partial charge < -0.3 is 10.2 Å². The lowest BCUT2D eigenvalue weighted by atomic mass is 10.6. The molecule has 0 radical (unpaired) electrons. The lowest BCUT2D eigenvalue weighted by molar-refractivity contribution is 0.421. The Morgan fingerprint density at radius 1 is 1.56 bits per heavy atom. The van der Waals surface area contributed by atoms with Gasteiger partial charge in [0, 0.05) is 6.07 Å². The smallest absolute Gasteiger partial charge is 0.206 e. The van der Waals surface area contributed by atoms with Crippen LogP contribution in [0.3, 0.4) is 0 Å². The van der Waals surface area contributed by atoms with Crippen LogP contribution in [-0.4, -0.2) is 15.2 Å². The molecule has 1 aromatic heterocycles. The van der Waals surface area contributed by atoms with E-state index in [1.165, 1.54) is 6.07 Å². The van der Waals surface area contributed by atoms with Crippen LogP contribution in [0.1, 0.15) is 0 Å². The number of H-pyrrole nitrogens is 1. The third-order valence-corrected chi connectivity index (χ3v) is 1.94. The Balaban J connectivity index is 3.01. The topological polar surface area (TPSA) is 56.2 Å². The SMILES string of the molecule is Oc1cc(SS)c(O)[nH]1. The molecule has 0 unspecified atom stereocenters. The Morgan fingerprint density at radius 3 is 2.44 bits per heavy atom. The van der Waals surface area contributed by atoms with Gasteiger partial charge in [-0.05, 0) is 0 Å². The molecule has 0 aliphatic rings. The van der Waals surface area contributed by atoms with E-state index < -0.39 is 0 Å². The molecule has 1 aromatic rings. The maximum Gasteiger partial charge on any atom is 0.206 e. The molecule has 0 amide bonds. The molecule has 0 bridgehead atoms.